The molecule has 3 nitrogen and oxygen atoms in total. The van der Waals surface area contributed by atoms with Crippen LogP contribution in [0.2, 0.25) is 5.02 Å². The molecule has 3 rings (SSSR count). The highest BCUT2D eigenvalue weighted by atomic mass is 35.5. The molecular weight excluding hydrogens is 255 g/mol. The molecule has 0 atom stereocenters. The number of nitrogens with zero attached hydrogens (tertiary/aromatic N) is 1. The molecule has 2 heterocycles. The summed E-state index contributed by atoms with van der Waals surface area (Å²) in [5, 5.41) is 4.08. The molecule has 0 aliphatic carbocycles. The number of pyridine rings is 1. The number of nitrogens with one attached hydrogen (secondary N) is 1. The van der Waals surface area contributed by atoms with Crippen LogP contribution in [0.1, 0.15) is 11.3 Å². The summed E-state index contributed by atoms with van der Waals surface area (Å²) in [6, 6.07) is 2.99. The molecule has 1 N–H and O–H groups in total. The van der Waals surface area contributed by atoms with Gasteiger partial charge in [0.05, 0.1) is 35.1 Å². The van der Waals surface area contributed by atoms with E-state index >= 15 is 0 Å². The van der Waals surface area contributed by atoms with Gasteiger partial charge in [0.2, 0.25) is 0 Å². The number of aromatic nitrogens is 1. The molecule has 0 saturated heterocycles. The van der Waals surface area contributed by atoms with Crippen LogP contribution in [0.3, 0.4) is 0 Å². The zero-order valence-electron chi connectivity index (χ0n) is 9.89. The van der Waals surface area contributed by atoms with Crippen molar-refractivity contribution in [3.63, 3.8) is 0 Å². The molecule has 94 valence electrons. The molecule has 1 aliphatic rings. The highest BCUT2D eigenvalue weighted by molar-refractivity contribution is 6.31. The van der Waals surface area contributed by atoms with Crippen molar-refractivity contribution >= 4 is 28.2 Å². The normalized spacial score (nSPS) is 14.6. The lowest BCUT2D eigenvalue weighted by atomic mass is 10.0. The average molecular weight is 267 g/mol. The van der Waals surface area contributed by atoms with Crippen LogP contribution in [0.4, 0.5) is 10.1 Å². The SMILES string of the molecule is CNc1c2c(nc3cc(F)c(Cl)cc13)CCOC2. The summed E-state index contributed by atoms with van der Waals surface area (Å²) in [6.07, 6.45) is 0.754. The van der Waals surface area contributed by atoms with E-state index in [9.17, 15) is 4.39 Å². The van der Waals surface area contributed by atoms with Crippen LogP contribution in [0.15, 0.2) is 12.1 Å². The van der Waals surface area contributed by atoms with E-state index in [1.807, 2.05) is 7.05 Å². The zero-order valence-corrected chi connectivity index (χ0v) is 10.6. The van der Waals surface area contributed by atoms with Gasteiger partial charge in [-0.15, -0.1) is 0 Å². The number of hydrogen-bond donors (Lipinski definition) is 1. The third-order valence-electron chi connectivity index (χ3n) is 3.19. The Hall–Kier alpha value is -1.39. The van der Waals surface area contributed by atoms with Gasteiger partial charge < -0.3 is 10.1 Å². The highest BCUT2D eigenvalue weighted by Gasteiger charge is 2.18. The zero-order chi connectivity index (χ0) is 12.7. The van der Waals surface area contributed by atoms with Crippen LogP contribution >= 0.6 is 11.6 Å². The van der Waals surface area contributed by atoms with Crippen molar-refractivity contribution in [3.05, 3.63) is 34.2 Å². The van der Waals surface area contributed by atoms with Crippen LogP contribution in [0, 0.1) is 5.82 Å². The van der Waals surface area contributed by atoms with Crippen LogP contribution in [-0.2, 0) is 17.8 Å². The third kappa shape index (κ3) is 1.72. The van der Waals surface area contributed by atoms with Gasteiger partial charge in [0.25, 0.3) is 0 Å². The second-order valence-electron chi connectivity index (χ2n) is 4.25. The Kier molecular flexibility index (Phi) is 2.84. The van der Waals surface area contributed by atoms with Crippen LogP contribution in [0.5, 0.6) is 0 Å². The second-order valence-corrected chi connectivity index (χ2v) is 4.66. The lowest BCUT2D eigenvalue weighted by Gasteiger charge is -2.21. The van der Waals surface area contributed by atoms with Crippen molar-refractivity contribution in [2.75, 3.05) is 19.0 Å². The lowest BCUT2D eigenvalue weighted by molar-refractivity contribution is 0.110. The first-order valence-electron chi connectivity index (χ1n) is 5.76. The average Bonchev–Trinajstić information content (AvgIpc) is 2.38. The number of halogens is 2. The van der Waals surface area contributed by atoms with Crippen molar-refractivity contribution in [1.82, 2.24) is 4.98 Å². The summed E-state index contributed by atoms with van der Waals surface area (Å²) in [6.45, 7) is 1.19. The van der Waals surface area contributed by atoms with E-state index < -0.39 is 5.82 Å². The number of ether oxygens (including phenoxy) is 1. The van der Waals surface area contributed by atoms with Crippen molar-refractivity contribution in [2.24, 2.45) is 0 Å². The van der Waals surface area contributed by atoms with Gasteiger partial charge in [-0.1, -0.05) is 11.6 Å². The van der Waals surface area contributed by atoms with Crippen molar-refractivity contribution < 1.29 is 9.13 Å². The molecule has 0 bridgehead atoms. The van der Waals surface area contributed by atoms with E-state index in [0.29, 0.717) is 18.7 Å². The summed E-state index contributed by atoms with van der Waals surface area (Å²) in [4.78, 5) is 4.51. The van der Waals surface area contributed by atoms with Crippen molar-refractivity contribution in [3.8, 4) is 0 Å². The lowest BCUT2D eigenvalue weighted by Crippen LogP contribution is -2.14. The minimum Gasteiger partial charge on any atom is -0.387 e. The van der Waals surface area contributed by atoms with Gasteiger partial charge in [-0.25, -0.2) is 4.39 Å². The first kappa shape index (κ1) is 11.7. The van der Waals surface area contributed by atoms with E-state index in [0.717, 1.165) is 28.8 Å². The summed E-state index contributed by atoms with van der Waals surface area (Å²) >= 11 is 5.84. The van der Waals surface area contributed by atoms with Gasteiger partial charge in [-0.2, -0.15) is 0 Å². The number of rotatable bonds is 1. The fourth-order valence-electron chi connectivity index (χ4n) is 2.34. The number of benzene rings is 1. The summed E-state index contributed by atoms with van der Waals surface area (Å²) in [5.41, 5.74) is 3.57. The first-order chi connectivity index (χ1) is 8.70. The largest absolute Gasteiger partial charge is 0.387 e. The van der Waals surface area contributed by atoms with Gasteiger partial charge in [0.15, 0.2) is 0 Å². The van der Waals surface area contributed by atoms with Gasteiger partial charge in [-0.05, 0) is 6.07 Å². The number of fused-ring (bicyclic) bond motifs is 2. The van der Waals surface area contributed by atoms with E-state index in [-0.39, 0.29) is 5.02 Å². The van der Waals surface area contributed by atoms with Crippen molar-refractivity contribution in [1.29, 1.82) is 0 Å². The second kappa shape index (κ2) is 4.37. The number of anilines is 1. The molecule has 0 fully saturated rings. The predicted molar refractivity (Wildman–Crippen MR) is 69.6 cm³/mol. The molecule has 0 radical (unpaired) electrons. The Morgan fingerprint density at radius 3 is 3.06 bits per heavy atom. The molecule has 0 spiro atoms. The van der Waals surface area contributed by atoms with Crippen LogP contribution in [-0.4, -0.2) is 18.6 Å². The molecule has 18 heavy (non-hydrogen) atoms. The number of hydrogen-bond acceptors (Lipinski definition) is 3. The summed E-state index contributed by atoms with van der Waals surface area (Å²) in [5.74, 6) is -0.439. The minimum absolute atomic E-state index is 0.109. The van der Waals surface area contributed by atoms with E-state index in [4.69, 9.17) is 16.3 Å². The van der Waals surface area contributed by atoms with Gasteiger partial charge >= 0.3 is 0 Å². The molecule has 0 amide bonds. The van der Waals surface area contributed by atoms with E-state index in [2.05, 4.69) is 10.3 Å². The standard InChI is InChI=1S/C13H12ClFN2O/c1-16-13-7-4-9(14)10(15)5-12(7)17-11-2-3-18-6-8(11)13/h4-5H,2-3,6H2,1H3,(H,16,17). The molecule has 2 aromatic rings. The minimum atomic E-state index is -0.439. The molecule has 1 aromatic heterocycles. The topological polar surface area (TPSA) is 34.2 Å². The van der Waals surface area contributed by atoms with Gasteiger partial charge in [0.1, 0.15) is 5.82 Å². The van der Waals surface area contributed by atoms with Gasteiger partial charge in [-0.3, -0.25) is 4.98 Å². The smallest absolute Gasteiger partial charge is 0.143 e. The van der Waals surface area contributed by atoms with Gasteiger partial charge in [0, 0.05) is 30.5 Å². The Morgan fingerprint density at radius 2 is 2.28 bits per heavy atom. The van der Waals surface area contributed by atoms with Crippen molar-refractivity contribution in [2.45, 2.75) is 13.0 Å². The maximum atomic E-state index is 13.5. The molecule has 1 aliphatic heterocycles. The Balaban J connectivity index is 2.36. The summed E-state index contributed by atoms with van der Waals surface area (Å²) < 4.78 is 19.0. The Morgan fingerprint density at radius 1 is 1.44 bits per heavy atom. The monoisotopic (exact) mass is 266 g/mol. The van der Waals surface area contributed by atoms with Crippen LogP contribution < -0.4 is 5.32 Å². The van der Waals surface area contributed by atoms with Crippen LogP contribution in [0.25, 0.3) is 10.9 Å². The Bertz CT molecular complexity index is 630. The fourth-order valence-corrected chi connectivity index (χ4v) is 2.50. The first-order valence-corrected chi connectivity index (χ1v) is 6.14. The predicted octanol–water partition coefficient (Wildman–Crippen LogP) is 3.14. The quantitative estimate of drug-likeness (QED) is 0.861. The molecule has 1 aromatic carbocycles. The maximum Gasteiger partial charge on any atom is 0.143 e. The highest BCUT2D eigenvalue weighted by Crippen LogP contribution is 2.33. The Labute approximate surface area is 109 Å². The van der Waals surface area contributed by atoms with E-state index in [1.54, 1.807) is 6.07 Å². The fraction of sp³-hybridized carbons (Fsp3) is 0.308. The maximum absolute atomic E-state index is 13.5. The third-order valence-corrected chi connectivity index (χ3v) is 3.48. The molecular formula is C13H12ClFN2O. The molecule has 0 unspecified atom stereocenters. The van der Waals surface area contributed by atoms with E-state index in [1.165, 1.54) is 6.07 Å². The molecule has 0 saturated carbocycles. The molecule has 5 heteroatoms. The summed E-state index contributed by atoms with van der Waals surface area (Å²) in [7, 11) is 1.83.